The summed E-state index contributed by atoms with van der Waals surface area (Å²) in [4.78, 5) is 17.1. The van der Waals surface area contributed by atoms with Gasteiger partial charge in [0.2, 0.25) is 0 Å². The van der Waals surface area contributed by atoms with Gasteiger partial charge in [0, 0.05) is 37.2 Å². The predicted molar refractivity (Wildman–Crippen MR) is 103 cm³/mol. The molecule has 3 heteroatoms. The van der Waals surface area contributed by atoms with E-state index in [1.165, 1.54) is 29.7 Å². The van der Waals surface area contributed by atoms with Crippen molar-refractivity contribution in [1.29, 1.82) is 0 Å². The summed E-state index contributed by atoms with van der Waals surface area (Å²) < 4.78 is 0. The van der Waals surface area contributed by atoms with Crippen molar-refractivity contribution in [1.82, 2.24) is 4.90 Å². The highest BCUT2D eigenvalue weighted by molar-refractivity contribution is 5.86. The van der Waals surface area contributed by atoms with Crippen LogP contribution < -0.4 is 4.90 Å². The Morgan fingerprint density at radius 1 is 1.12 bits per heavy atom. The quantitative estimate of drug-likeness (QED) is 0.813. The van der Waals surface area contributed by atoms with Crippen LogP contribution in [0.25, 0.3) is 0 Å². The summed E-state index contributed by atoms with van der Waals surface area (Å²) in [5.74, 6) is 0.794. The van der Waals surface area contributed by atoms with E-state index in [1.807, 2.05) is 13.8 Å². The van der Waals surface area contributed by atoms with E-state index >= 15 is 0 Å². The maximum atomic E-state index is 12.2. The van der Waals surface area contributed by atoms with E-state index in [1.54, 1.807) is 0 Å². The second kappa shape index (κ2) is 8.66. The Hall–Kier alpha value is -1.35. The van der Waals surface area contributed by atoms with E-state index in [2.05, 4.69) is 49.0 Å². The van der Waals surface area contributed by atoms with Crippen molar-refractivity contribution < 1.29 is 4.79 Å². The third-order valence-corrected chi connectivity index (χ3v) is 5.17. The predicted octanol–water partition coefficient (Wildman–Crippen LogP) is 4.07. The van der Waals surface area contributed by atoms with Crippen LogP contribution >= 0.6 is 0 Å². The summed E-state index contributed by atoms with van der Waals surface area (Å²) in [5.41, 5.74) is 3.78. The van der Waals surface area contributed by atoms with Gasteiger partial charge in [0.1, 0.15) is 5.78 Å². The number of carbonyl (C=O) groups excluding carboxylic acids is 1. The largest absolute Gasteiger partial charge is 0.371 e. The Morgan fingerprint density at radius 2 is 1.75 bits per heavy atom. The second-order valence-electron chi connectivity index (χ2n) is 7.23. The molecule has 3 nitrogen and oxygen atoms in total. The van der Waals surface area contributed by atoms with Gasteiger partial charge in [-0.3, -0.25) is 4.79 Å². The van der Waals surface area contributed by atoms with Crippen molar-refractivity contribution in [3.05, 3.63) is 29.3 Å². The minimum Gasteiger partial charge on any atom is -0.371 e. The van der Waals surface area contributed by atoms with Gasteiger partial charge in [-0.2, -0.15) is 0 Å². The van der Waals surface area contributed by atoms with Crippen molar-refractivity contribution in [3.8, 4) is 0 Å². The summed E-state index contributed by atoms with van der Waals surface area (Å²) in [5, 5.41) is 0. The Morgan fingerprint density at radius 3 is 2.29 bits per heavy atom. The number of nitrogens with zero attached hydrogens (tertiary/aromatic N) is 2. The molecule has 24 heavy (non-hydrogen) atoms. The molecule has 0 spiro atoms. The summed E-state index contributed by atoms with van der Waals surface area (Å²) in [7, 11) is 4.35. The molecule has 0 N–H and O–H groups in total. The van der Waals surface area contributed by atoms with Gasteiger partial charge in [0.15, 0.2) is 0 Å². The van der Waals surface area contributed by atoms with Crippen molar-refractivity contribution in [2.75, 3.05) is 32.1 Å². The average molecular weight is 331 g/mol. The van der Waals surface area contributed by atoms with Crippen molar-refractivity contribution >= 4 is 11.5 Å². The zero-order valence-corrected chi connectivity index (χ0v) is 16.1. The Bertz CT molecular complexity index is 541. The lowest BCUT2D eigenvalue weighted by atomic mass is 9.98. The molecular formula is C21H34N2O. The highest BCUT2D eigenvalue weighted by Gasteiger charge is 2.30. The first-order chi connectivity index (χ1) is 11.5. The molecule has 1 heterocycles. The van der Waals surface area contributed by atoms with Crippen molar-refractivity contribution in [2.45, 2.75) is 58.9 Å². The van der Waals surface area contributed by atoms with Crippen LogP contribution in [0.2, 0.25) is 0 Å². The van der Waals surface area contributed by atoms with E-state index in [4.69, 9.17) is 0 Å². The van der Waals surface area contributed by atoms with Crippen LogP contribution in [0.15, 0.2) is 18.2 Å². The third kappa shape index (κ3) is 4.83. The second-order valence-corrected chi connectivity index (χ2v) is 7.23. The first-order valence-corrected chi connectivity index (χ1v) is 9.58. The van der Waals surface area contributed by atoms with Gasteiger partial charge in [-0.25, -0.2) is 0 Å². The average Bonchev–Trinajstić information content (AvgIpc) is 3.42. The molecular weight excluding hydrogens is 296 g/mol. The first-order valence-electron chi connectivity index (χ1n) is 9.58. The number of Topliss-reactive ketones (excluding diaryl/α,β-unsaturated/α-hetero) is 1. The third-order valence-electron chi connectivity index (χ3n) is 5.17. The zero-order chi connectivity index (χ0) is 17.7. The van der Waals surface area contributed by atoms with E-state index in [-0.39, 0.29) is 0 Å². The summed E-state index contributed by atoms with van der Waals surface area (Å²) in [6.07, 6.45) is 5.24. The number of benzene rings is 1. The Balaban J connectivity index is 0.00000100. The molecule has 0 aromatic heterocycles. The van der Waals surface area contributed by atoms with Crippen LogP contribution in [0, 0.1) is 12.8 Å². The SMILES string of the molecule is CC.Cc1ccc(N2CCC(N(C)C)CC2)c(CC(=O)C2CC2)c1. The molecule has 0 radical (unpaired) electrons. The van der Waals surface area contributed by atoms with E-state index in [0.29, 0.717) is 24.2 Å². The number of carbonyl (C=O) groups is 1. The fourth-order valence-corrected chi connectivity index (χ4v) is 3.52. The fraction of sp³-hybridized carbons (Fsp3) is 0.667. The van der Waals surface area contributed by atoms with Crippen LogP contribution in [0.5, 0.6) is 0 Å². The van der Waals surface area contributed by atoms with Gasteiger partial charge in [-0.05, 0) is 58.3 Å². The highest BCUT2D eigenvalue weighted by Crippen LogP contribution is 2.33. The maximum Gasteiger partial charge on any atom is 0.140 e. The minimum absolute atomic E-state index is 0.354. The molecule has 2 fully saturated rings. The number of anilines is 1. The molecule has 0 amide bonds. The van der Waals surface area contributed by atoms with Crippen molar-refractivity contribution in [2.24, 2.45) is 5.92 Å². The van der Waals surface area contributed by atoms with Crippen LogP contribution in [-0.2, 0) is 11.2 Å². The fourth-order valence-electron chi connectivity index (χ4n) is 3.52. The van der Waals surface area contributed by atoms with Gasteiger partial charge >= 0.3 is 0 Å². The number of hydrogen-bond acceptors (Lipinski definition) is 3. The molecule has 134 valence electrons. The first kappa shape index (κ1) is 19.0. The summed E-state index contributed by atoms with van der Waals surface area (Å²) in [6, 6.07) is 7.31. The summed E-state index contributed by atoms with van der Waals surface area (Å²) >= 11 is 0. The van der Waals surface area contributed by atoms with Crippen LogP contribution in [0.3, 0.4) is 0 Å². The molecule has 1 saturated carbocycles. The lowest BCUT2D eigenvalue weighted by Crippen LogP contribution is -2.42. The topological polar surface area (TPSA) is 23.6 Å². The molecule has 1 aliphatic carbocycles. The van der Waals surface area contributed by atoms with Gasteiger partial charge in [-0.1, -0.05) is 31.5 Å². The molecule has 1 saturated heterocycles. The number of rotatable bonds is 5. The van der Waals surface area contributed by atoms with E-state index in [0.717, 1.165) is 25.9 Å². The number of piperidine rings is 1. The smallest absolute Gasteiger partial charge is 0.140 e. The van der Waals surface area contributed by atoms with E-state index < -0.39 is 0 Å². The molecule has 1 aromatic carbocycles. The van der Waals surface area contributed by atoms with Gasteiger partial charge in [-0.15, -0.1) is 0 Å². The summed E-state index contributed by atoms with van der Waals surface area (Å²) in [6.45, 7) is 8.31. The van der Waals surface area contributed by atoms with Gasteiger partial charge < -0.3 is 9.80 Å². The normalized spacial score (nSPS) is 18.3. The Kier molecular flexibility index (Phi) is 6.85. The number of ketones is 1. The molecule has 0 atom stereocenters. The minimum atomic E-state index is 0.354. The Labute approximate surface area is 148 Å². The molecule has 0 unspecified atom stereocenters. The number of hydrogen-bond donors (Lipinski definition) is 0. The molecule has 1 aliphatic heterocycles. The molecule has 1 aromatic rings. The van der Waals surface area contributed by atoms with E-state index in [9.17, 15) is 4.79 Å². The van der Waals surface area contributed by atoms with Crippen LogP contribution in [0.1, 0.15) is 50.7 Å². The number of aryl methyl sites for hydroxylation is 1. The van der Waals surface area contributed by atoms with Gasteiger partial charge in [0.05, 0.1) is 0 Å². The molecule has 3 rings (SSSR count). The lowest BCUT2D eigenvalue weighted by molar-refractivity contribution is -0.119. The monoisotopic (exact) mass is 330 g/mol. The van der Waals surface area contributed by atoms with Gasteiger partial charge in [0.25, 0.3) is 0 Å². The van der Waals surface area contributed by atoms with Crippen LogP contribution in [-0.4, -0.2) is 43.9 Å². The zero-order valence-electron chi connectivity index (χ0n) is 16.1. The lowest BCUT2D eigenvalue weighted by Gasteiger charge is -2.37. The standard InChI is InChI=1S/C19H28N2O.C2H6/c1-14-4-7-18(16(12-14)13-19(22)15-5-6-15)21-10-8-17(9-11-21)20(2)3;1-2/h4,7,12,15,17H,5-6,8-11,13H2,1-3H3;1-2H3. The van der Waals surface area contributed by atoms with Crippen molar-refractivity contribution in [3.63, 3.8) is 0 Å². The molecule has 2 aliphatic rings. The molecule has 0 bridgehead atoms. The highest BCUT2D eigenvalue weighted by atomic mass is 16.1. The van der Waals surface area contributed by atoms with Crippen LogP contribution in [0.4, 0.5) is 5.69 Å². The maximum absolute atomic E-state index is 12.2.